The topological polar surface area (TPSA) is 45.5 Å². The van der Waals surface area contributed by atoms with Crippen LogP contribution in [0.3, 0.4) is 0 Å². The Labute approximate surface area is 125 Å². The molecule has 1 amide bonds. The van der Waals surface area contributed by atoms with E-state index in [1.54, 1.807) is 0 Å². The van der Waals surface area contributed by atoms with Crippen LogP contribution in [0, 0.1) is 6.92 Å². The van der Waals surface area contributed by atoms with Gasteiger partial charge in [0.2, 0.25) is 5.91 Å². The Morgan fingerprint density at radius 3 is 2.57 bits per heavy atom. The van der Waals surface area contributed by atoms with E-state index >= 15 is 0 Å². The lowest BCUT2D eigenvalue weighted by molar-refractivity contribution is -0.125. The number of carbonyl (C=O) groups excluding carboxylic acids is 1. The summed E-state index contributed by atoms with van der Waals surface area (Å²) >= 11 is 0. The molecule has 0 saturated heterocycles. The van der Waals surface area contributed by atoms with Gasteiger partial charge in [0.05, 0.1) is 12.6 Å². The van der Waals surface area contributed by atoms with Gasteiger partial charge in [0.25, 0.3) is 0 Å². The van der Waals surface area contributed by atoms with Crippen LogP contribution >= 0.6 is 0 Å². The van der Waals surface area contributed by atoms with Crippen LogP contribution in [0.4, 0.5) is 0 Å². The number of hydrogen-bond acceptors (Lipinski definition) is 3. The minimum absolute atomic E-state index is 0.0182. The van der Waals surface area contributed by atoms with Crippen LogP contribution in [0.25, 0.3) is 0 Å². The zero-order chi connectivity index (χ0) is 15.2. The molecular formula is C17H22N2O2. The van der Waals surface area contributed by atoms with Gasteiger partial charge in [-0.25, -0.2) is 0 Å². The highest BCUT2D eigenvalue weighted by Gasteiger charge is 2.18. The molecule has 21 heavy (non-hydrogen) atoms. The number of rotatable bonds is 6. The van der Waals surface area contributed by atoms with Gasteiger partial charge in [0.1, 0.15) is 11.5 Å². The number of aryl methyl sites for hydroxylation is 1. The monoisotopic (exact) mass is 286 g/mol. The highest BCUT2D eigenvalue weighted by atomic mass is 16.3. The molecule has 2 rings (SSSR count). The van der Waals surface area contributed by atoms with Crippen molar-refractivity contribution in [3.05, 3.63) is 59.5 Å². The molecule has 1 aromatic carbocycles. The van der Waals surface area contributed by atoms with Crippen molar-refractivity contribution in [2.45, 2.75) is 33.0 Å². The van der Waals surface area contributed by atoms with E-state index in [1.165, 1.54) is 0 Å². The lowest BCUT2D eigenvalue weighted by Gasteiger charge is -2.22. The van der Waals surface area contributed by atoms with Crippen molar-refractivity contribution < 1.29 is 9.21 Å². The maximum atomic E-state index is 12.2. The number of hydrogen-bond donors (Lipinski definition) is 1. The molecule has 0 bridgehead atoms. The Balaban J connectivity index is 1.83. The second-order valence-electron chi connectivity index (χ2n) is 5.31. The van der Waals surface area contributed by atoms with Crippen LogP contribution in [0.1, 0.15) is 24.0 Å². The van der Waals surface area contributed by atoms with Gasteiger partial charge in [-0.05, 0) is 38.6 Å². The van der Waals surface area contributed by atoms with Crippen LogP contribution in [-0.4, -0.2) is 23.9 Å². The van der Waals surface area contributed by atoms with Crippen molar-refractivity contribution in [1.29, 1.82) is 0 Å². The summed E-state index contributed by atoms with van der Waals surface area (Å²) < 4.78 is 5.54. The standard InChI is InChI=1S/C17H22N2O2/c1-13-9-10-16(21-13)12-19(3)14(2)17(20)18-11-15-7-5-4-6-8-15/h4-10,14H,11-12H2,1-3H3,(H,18,20)/t14-/m0/s1. The third-order valence-corrected chi connectivity index (χ3v) is 3.55. The van der Waals surface area contributed by atoms with Gasteiger partial charge in [-0.3, -0.25) is 9.69 Å². The van der Waals surface area contributed by atoms with Crippen molar-refractivity contribution in [2.75, 3.05) is 7.05 Å². The van der Waals surface area contributed by atoms with E-state index in [4.69, 9.17) is 4.42 Å². The first-order valence-corrected chi connectivity index (χ1v) is 7.13. The Morgan fingerprint density at radius 2 is 1.95 bits per heavy atom. The molecule has 4 heteroatoms. The SMILES string of the molecule is Cc1ccc(CN(C)[C@@H](C)C(=O)NCc2ccccc2)o1. The van der Waals surface area contributed by atoms with Gasteiger partial charge in [-0.1, -0.05) is 30.3 Å². The summed E-state index contributed by atoms with van der Waals surface area (Å²) in [6, 6.07) is 13.6. The van der Waals surface area contributed by atoms with E-state index in [2.05, 4.69) is 5.32 Å². The number of likely N-dealkylation sites (N-methyl/N-ethyl adjacent to an activating group) is 1. The number of benzene rings is 1. The third-order valence-electron chi connectivity index (χ3n) is 3.55. The van der Waals surface area contributed by atoms with Gasteiger partial charge >= 0.3 is 0 Å². The first-order chi connectivity index (χ1) is 10.1. The highest BCUT2D eigenvalue weighted by Crippen LogP contribution is 2.10. The molecule has 0 aliphatic heterocycles. The van der Waals surface area contributed by atoms with E-state index < -0.39 is 0 Å². The van der Waals surface area contributed by atoms with Crippen LogP contribution in [0.2, 0.25) is 0 Å². The number of nitrogens with one attached hydrogen (secondary N) is 1. The number of amides is 1. The Hall–Kier alpha value is -2.07. The first kappa shape index (κ1) is 15.3. The van der Waals surface area contributed by atoms with Gasteiger partial charge in [0, 0.05) is 6.54 Å². The van der Waals surface area contributed by atoms with Gasteiger partial charge in [-0.2, -0.15) is 0 Å². The lowest BCUT2D eigenvalue weighted by Crippen LogP contribution is -2.42. The molecule has 1 atom stereocenters. The predicted molar refractivity (Wildman–Crippen MR) is 82.7 cm³/mol. The first-order valence-electron chi connectivity index (χ1n) is 7.13. The predicted octanol–water partition coefficient (Wildman–Crippen LogP) is 2.72. The fourth-order valence-electron chi connectivity index (χ4n) is 2.09. The normalized spacial score (nSPS) is 12.4. The fourth-order valence-corrected chi connectivity index (χ4v) is 2.09. The van der Waals surface area contributed by atoms with E-state index in [-0.39, 0.29) is 11.9 Å². The summed E-state index contributed by atoms with van der Waals surface area (Å²) in [7, 11) is 1.92. The molecular weight excluding hydrogens is 264 g/mol. The van der Waals surface area contributed by atoms with Gasteiger partial charge in [-0.15, -0.1) is 0 Å². The minimum atomic E-state index is -0.209. The minimum Gasteiger partial charge on any atom is -0.465 e. The Morgan fingerprint density at radius 1 is 1.24 bits per heavy atom. The molecule has 2 aromatic rings. The summed E-state index contributed by atoms with van der Waals surface area (Å²) in [5, 5.41) is 2.96. The lowest BCUT2D eigenvalue weighted by atomic mass is 10.2. The number of furan rings is 1. The highest BCUT2D eigenvalue weighted by molar-refractivity contribution is 5.81. The largest absolute Gasteiger partial charge is 0.465 e. The number of nitrogens with zero attached hydrogens (tertiary/aromatic N) is 1. The molecule has 0 fully saturated rings. The zero-order valence-corrected chi connectivity index (χ0v) is 12.8. The molecule has 0 radical (unpaired) electrons. The van der Waals surface area contributed by atoms with E-state index in [0.29, 0.717) is 13.1 Å². The van der Waals surface area contributed by atoms with Gasteiger partial charge < -0.3 is 9.73 Å². The maximum absolute atomic E-state index is 12.2. The zero-order valence-electron chi connectivity index (χ0n) is 12.8. The summed E-state index contributed by atoms with van der Waals surface area (Å²) in [4.78, 5) is 14.1. The molecule has 4 nitrogen and oxygen atoms in total. The Bertz CT molecular complexity index is 577. The van der Waals surface area contributed by atoms with Crippen molar-refractivity contribution in [3.63, 3.8) is 0 Å². The van der Waals surface area contributed by atoms with Crippen molar-refractivity contribution in [1.82, 2.24) is 10.2 Å². The summed E-state index contributed by atoms with van der Waals surface area (Å²) in [6.45, 7) is 4.99. The molecule has 1 aromatic heterocycles. The fraction of sp³-hybridized carbons (Fsp3) is 0.353. The van der Waals surface area contributed by atoms with Crippen LogP contribution in [0.5, 0.6) is 0 Å². The van der Waals surface area contributed by atoms with Crippen molar-refractivity contribution in [3.8, 4) is 0 Å². The van der Waals surface area contributed by atoms with Crippen molar-refractivity contribution in [2.24, 2.45) is 0 Å². The smallest absolute Gasteiger partial charge is 0.237 e. The summed E-state index contributed by atoms with van der Waals surface area (Å²) in [5.74, 6) is 1.78. The van der Waals surface area contributed by atoms with Gasteiger partial charge in [0.15, 0.2) is 0 Å². The maximum Gasteiger partial charge on any atom is 0.237 e. The summed E-state index contributed by atoms with van der Waals surface area (Å²) in [5.41, 5.74) is 1.10. The molecule has 0 unspecified atom stereocenters. The molecule has 1 N–H and O–H groups in total. The molecule has 0 spiro atoms. The second kappa shape index (κ2) is 7.09. The molecule has 0 saturated carbocycles. The molecule has 112 valence electrons. The average molecular weight is 286 g/mol. The molecule has 1 heterocycles. The van der Waals surface area contributed by atoms with Crippen LogP contribution in [-0.2, 0) is 17.9 Å². The summed E-state index contributed by atoms with van der Waals surface area (Å²) in [6.07, 6.45) is 0. The third kappa shape index (κ3) is 4.46. The Kier molecular flexibility index (Phi) is 5.17. The average Bonchev–Trinajstić information content (AvgIpc) is 2.90. The van der Waals surface area contributed by atoms with Crippen molar-refractivity contribution >= 4 is 5.91 Å². The second-order valence-corrected chi connectivity index (χ2v) is 5.31. The quantitative estimate of drug-likeness (QED) is 0.888. The van der Waals surface area contributed by atoms with E-state index in [9.17, 15) is 4.79 Å². The number of carbonyl (C=O) groups is 1. The molecule has 0 aliphatic rings. The van der Waals surface area contributed by atoms with E-state index in [1.807, 2.05) is 68.3 Å². The van der Waals surface area contributed by atoms with Crippen LogP contribution < -0.4 is 5.32 Å². The van der Waals surface area contributed by atoms with E-state index in [0.717, 1.165) is 17.1 Å². The molecule has 0 aliphatic carbocycles. The van der Waals surface area contributed by atoms with Crippen LogP contribution in [0.15, 0.2) is 46.9 Å².